The van der Waals surface area contributed by atoms with Gasteiger partial charge in [0.2, 0.25) is 0 Å². The van der Waals surface area contributed by atoms with Crippen LogP contribution in [0.4, 0.5) is 0 Å². The van der Waals surface area contributed by atoms with Gasteiger partial charge in [-0.1, -0.05) is 57.8 Å². The van der Waals surface area contributed by atoms with Crippen LogP contribution >= 0.6 is 0 Å². The monoisotopic (exact) mass is 196 g/mol. The summed E-state index contributed by atoms with van der Waals surface area (Å²) in [6.07, 6.45) is 15.4. The zero-order valence-electron chi connectivity index (χ0n) is 10.4. The molecule has 0 fully saturated rings. The number of hydrogen-bond donors (Lipinski definition) is 0. The predicted octanol–water partition coefficient (Wildman–Crippen LogP) is 5.51. The number of allylic oxidation sites excluding steroid dienone is 3. The first-order valence-electron chi connectivity index (χ1n) is 6.05. The van der Waals surface area contributed by atoms with E-state index in [4.69, 9.17) is 0 Å². The van der Waals surface area contributed by atoms with E-state index in [9.17, 15) is 0 Å². The van der Waals surface area contributed by atoms with Gasteiger partial charge in [0, 0.05) is 0 Å². The van der Waals surface area contributed by atoms with Crippen LogP contribution in [0.2, 0.25) is 0 Å². The van der Waals surface area contributed by atoms with Crippen molar-refractivity contribution in [1.29, 1.82) is 0 Å². The van der Waals surface area contributed by atoms with E-state index in [0.29, 0.717) is 0 Å². The second kappa shape index (κ2) is 18.3. The van der Waals surface area contributed by atoms with Crippen LogP contribution in [0, 0.1) is 0 Å². The Labute approximate surface area is 91.1 Å². The lowest BCUT2D eigenvalue weighted by atomic mass is 10.2. The fourth-order valence-corrected chi connectivity index (χ4v) is 1.05. The first-order valence-corrected chi connectivity index (χ1v) is 6.05. The molecule has 84 valence electrons. The molecule has 0 radical (unpaired) electrons. The Balaban J connectivity index is 0. The molecule has 0 rings (SSSR count). The van der Waals surface area contributed by atoms with E-state index in [-0.39, 0.29) is 0 Å². The molecule has 0 aromatic rings. The van der Waals surface area contributed by atoms with Crippen molar-refractivity contribution >= 4 is 0 Å². The van der Waals surface area contributed by atoms with Crippen LogP contribution in [0.5, 0.6) is 0 Å². The lowest BCUT2D eigenvalue weighted by molar-refractivity contribution is 0.675. The molecular formula is C14H28. The van der Waals surface area contributed by atoms with Crippen LogP contribution in [-0.2, 0) is 0 Å². The first-order chi connectivity index (χ1) is 6.83. The summed E-state index contributed by atoms with van der Waals surface area (Å²) in [6, 6.07) is 0. The summed E-state index contributed by atoms with van der Waals surface area (Å²) in [5.74, 6) is 0. The Morgan fingerprint density at radius 3 is 2.00 bits per heavy atom. The second-order valence-corrected chi connectivity index (χ2v) is 3.50. The maximum atomic E-state index is 3.66. The van der Waals surface area contributed by atoms with E-state index in [1.165, 1.54) is 44.9 Å². The van der Waals surface area contributed by atoms with Crippen molar-refractivity contribution in [3.63, 3.8) is 0 Å². The zero-order chi connectivity index (χ0) is 11.1. The van der Waals surface area contributed by atoms with Gasteiger partial charge >= 0.3 is 0 Å². The maximum absolute atomic E-state index is 3.66. The molecule has 0 aliphatic carbocycles. The quantitative estimate of drug-likeness (QED) is 0.372. The normalized spacial score (nSPS) is 9.64. The van der Waals surface area contributed by atoms with E-state index < -0.39 is 0 Å². The van der Waals surface area contributed by atoms with Crippen molar-refractivity contribution in [3.05, 3.63) is 24.8 Å². The molecule has 0 bridgehead atoms. The first kappa shape index (κ1) is 15.9. The lowest BCUT2D eigenvalue weighted by Gasteiger charge is -1.91. The fraction of sp³-hybridized carbons (Fsp3) is 0.714. The van der Waals surface area contributed by atoms with Crippen LogP contribution in [0.25, 0.3) is 0 Å². The molecule has 0 amide bonds. The summed E-state index contributed by atoms with van der Waals surface area (Å²) < 4.78 is 0. The van der Waals surface area contributed by atoms with Crippen molar-refractivity contribution in [2.24, 2.45) is 0 Å². The van der Waals surface area contributed by atoms with Crippen molar-refractivity contribution in [1.82, 2.24) is 0 Å². The zero-order valence-corrected chi connectivity index (χ0v) is 10.4. The highest BCUT2D eigenvalue weighted by molar-refractivity contribution is 4.75. The highest BCUT2D eigenvalue weighted by Gasteiger charge is 1.81. The van der Waals surface area contributed by atoms with Crippen LogP contribution in [-0.4, -0.2) is 0 Å². The van der Waals surface area contributed by atoms with Crippen molar-refractivity contribution < 1.29 is 0 Å². The van der Waals surface area contributed by atoms with Gasteiger partial charge in [0.1, 0.15) is 0 Å². The third-order valence-electron chi connectivity index (χ3n) is 1.95. The van der Waals surface area contributed by atoms with Crippen LogP contribution in [0.1, 0.15) is 65.7 Å². The molecular weight excluding hydrogens is 168 g/mol. The van der Waals surface area contributed by atoms with E-state index >= 15 is 0 Å². The molecule has 0 N–H and O–H groups in total. The van der Waals surface area contributed by atoms with Crippen molar-refractivity contribution in [2.45, 2.75) is 65.7 Å². The molecule has 0 heterocycles. The Bertz CT molecular complexity index is 111. The molecule has 0 aliphatic heterocycles. The van der Waals surface area contributed by atoms with Gasteiger partial charge in [-0.25, -0.2) is 0 Å². The smallest absolute Gasteiger partial charge is 0.0353 e. The topological polar surface area (TPSA) is 0 Å². The molecule has 0 spiro atoms. The highest BCUT2D eigenvalue weighted by Crippen LogP contribution is 2.01. The van der Waals surface area contributed by atoms with Gasteiger partial charge in [-0.2, -0.15) is 0 Å². The fourth-order valence-electron chi connectivity index (χ4n) is 1.05. The molecule has 0 aromatic carbocycles. The minimum Gasteiger partial charge on any atom is -0.103 e. The lowest BCUT2D eigenvalue weighted by Crippen LogP contribution is -1.71. The Morgan fingerprint density at radius 1 is 0.929 bits per heavy atom. The molecule has 0 unspecified atom stereocenters. The summed E-state index contributed by atoms with van der Waals surface area (Å²) in [4.78, 5) is 0. The minimum absolute atomic E-state index is 1.19. The highest BCUT2D eigenvalue weighted by atomic mass is 13.9. The summed E-state index contributed by atoms with van der Waals surface area (Å²) in [5.41, 5.74) is 0. The van der Waals surface area contributed by atoms with E-state index in [1.54, 1.807) is 0 Å². The van der Waals surface area contributed by atoms with Gasteiger partial charge in [0.05, 0.1) is 0 Å². The van der Waals surface area contributed by atoms with E-state index in [1.807, 2.05) is 6.08 Å². The summed E-state index contributed by atoms with van der Waals surface area (Å²) in [6.45, 7) is 10.1. The van der Waals surface area contributed by atoms with Gasteiger partial charge in [0.25, 0.3) is 0 Å². The largest absolute Gasteiger partial charge is 0.103 e. The molecule has 0 heteroatoms. The number of hydrogen-bond acceptors (Lipinski definition) is 0. The third kappa shape index (κ3) is 22.5. The van der Waals surface area contributed by atoms with Gasteiger partial charge in [-0.15, -0.1) is 6.58 Å². The summed E-state index contributed by atoms with van der Waals surface area (Å²) in [7, 11) is 0. The number of rotatable bonds is 7. The average Bonchev–Trinajstić information content (AvgIpc) is 2.22. The molecule has 0 nitrogen and oxygen atoms in total. The minimum atomic E-state index is 1.19. The summed E-state index contributed by atoms with van der Waals surface area (Å²) in [5, 5.41) is 0. The van der Waals surface area contributed by atoms with Gasteiger partial charge in [-0.3, -0.25) is 0 Å². The SMILES string of the molecule is C/C=C/CCC.C=CCCCCCC. The Kier molecular flexibility index (Phi) is 20.8. The van der Waals surface area contributed by atoms with Gasteiger partial charge in [-0.05, 0) is 26.2 Å². The predicted molar refractivity (Wildman–Crippen MR) is 68.7 cm³/mol. The van der Waals surface area contributed by atoms with E-state index in [0.717, 1.165) is 0 Å². The molecule has 0 saturated heterocycles. The van der Waals surface area contributed by atoms with Crippen LogP contribution in [0.3, 0.4) is 0 Å². The maximum Gasteiger partial charge on any atom is -0.0353 e. The Morgan fingerprint density at radius 2 is 1.64 bits per heavy atom. The molecule has 0 atom stereocenters. The van der Waals surface area contributed by atoms with Gasteiger partial charge < -0.3 is 0 Å². The summed E-state index contributed by atoms with van der Waals surface area (Å²) >= 11 is 0. The molecule has 0 aliphatic rings. The van der Waals surface area contributed by atoms with Crippen LogP contribution in [0.15, 0.2) is 24.8 Å². The number of unbranched alkanes of at least 4 members (excludes halogenated alkanes) is 5. The molecule has 0 aromatic heterocycles. The Hall–Kier alpha value is -0.520. The third-order valence-corrected chi connectivity index (χ3v) is 1.95. The molecule has 14 heavy (non-hydrogen) atoms. The van der Waals surface area contributed by atoms with E-state index in [2.05, 4.69) is 39.5 Å². The van der Waals surface area contributed by atoms with Gasteiger partial charge in [0.15, 0.2) is 0 Å². The average molecular weight is 196 g/mol. The second-order valence-electron chi connectivity index (χ2n) is 3.50. The molecule has 0 saturated carbocycles. The standard InChI is InChI=1S/C8H16.C6H12/c1-3-5-7-8-6-4-2;1-3-5-6-4-2/h3H,1,4-8H2,2H3;3,5H,4,6H2,1-2H3/b;5-3+. The van der Waals surface area contributed by atoms with Crippen molar-refractivity contribution in [2.75, 3.05) is 0 Å². The van der Waals surface area contributed by atoms with Crippen molar-refractivity contribution in [3.8, 4) is 0 Å². The van der Waals surface area contributed by atoms with Crippen LogP contribution < -0.4 is 0 Å².